The smallest absolute Gasteiger partial charge is 0.0702 e. The Kier molecular flexibility index (Phi) is 4.53. The van der Waals surface area contributed by atoms with E-state index in [-0.39, 0.29) is 12.1 Å². The normalized spacial score (nSPS) is 33.3. The zero-order chi connectivity index (χ0) is 14.3. The lowest BCUT2D eigenvalue weighted by atomic mass is 9.99. The fourth-order valence-electron chi connectivity index (χ4n) is 3.87. The second-order valence-electron chi connectivity index (χ2n) is 6.18. The van der Waals surface area contributed by atoms with E-state index in [1.165, 1.54) is 15.1 Å². The highest BCUT2D eigenvalue weighted by Gasteiger charge is 2.44. The summed E-state index contributed by atoms with van der Waals surface area (Å²) < 4.78 is 1.17. The van der Waals surface area contributed by atoms with Crippen molar-refractivity contribution >= 4 is 27.3 Å². The lowest BCUT2D eigenvalue weighted by molar-refractivity contribution is 0.114. The van der Waals surface area contributed by atoms with Crippen LogP contribution in [0.3, 0.4) is 0 Å². The maximum atomic E-state index is 10.1. The third kappa shape index (κ3) is 2.71. The molecule has 0 bridgehead atoms. The Hall–Kier alpha value is 0.0600. The number of rotatable bonds is 4. The second kappa shape index (κ2) is 6.05. The number of thiophene rings is 1. The van der Waals surface area contributed by atoms with Crippen molar-refractivity contribution in [3.63, 3.8) is 0 Å². The van der Waals surface area contributed by atoms with Crippen LogP contribution < -0.4 is 5.73 Å². The number of aliphatic hydroxyl groups excluding tert-OH is 1. The molecule has 112 valence electrons. The second-order valence-corrected chi connectivity index (χ2v) is 8.68. The van der Waals surface area contributed by atoms with Crippen LogP contribution in [0.25, 0.3) is 0 Å². The summed E-state index contributed by atoms with van der Waals surface area (Å²) in [5, 5.41) is 10.1. The van der Waals surface area contributed by atoms with Crippen LogP contribution in [-0.4, -0.2) is 35.2 Å². The van der Waals surface area contributed by atoms with Gasteiger partial charge in [0, 0.05) is 29.9 Å². The Balaban J connectivity index is 1.80. The van der Waals surface area contributed by atoms with Crippen molar-refractivity contribution in [3.8, 4) is 0 Å². The maximum Gasteiger partial charge on any atom is 0.0702 e. The number of nitrogens with two attached hydrogens (primary N) is 1. The van der Waals surface area contributed by atoms with E-state index < -0.39 is 0 Å². The van der Waals surface area contributed by atoms with Crippen LogP contribution in [0.15, 0.2) is 15.9 Å². The Labute approximate surface area is 133 Å². The third-order valence-corrected chi connectivity index (χ3v) is 6.70. The first kappa shape index (κ1) is 15.0. The molecule has 1 aliphatic heterocycles. The number of hydrogen-bond acceptors (Lipinski definition) is 4. The Morgan fingerprint density at radius 1 is 1.45 bits per heavy atom. The molecule has 1 saturated carbocycles. The van der Waals surface area contributed by atoms with Gasteiger partial charge in [0.15, 0.2) is 0 Å². The SMILES string of the molecule is CCC(N)C(c1ccc(Br)s1)N1CC2CCC(O)C2C1. The van der Waals surface area contributed by atoms with E-state index in [1.54, 1.807) is 11.3 Å². The van der Waals surface area contributed by atoms with Crippen LogP contribution in [0.1, 0.15) is 37.1 Å². The number of halogens is 1. The number of nitrogens with zero attached hydrogens (tertiary/aromatic N) is 1. The molecule has 20 heavy (non-hydrogen) atoms. The van der Waals surface area contributed by atoms with Crippen molar-refractivity contribution in [2.75, 3.05) is 13.1 Å². The minimum Gasteiger partial charge on any atom is -0.393 e. The molecule has 1 saturated heterocycles. The average Bonchev–Trinajstić information content (AvgIpc) is 3.10. The summed E-state index contributed by atoms with van der Waals surface area (Å²) >= 11 is 5.35. The van der Waals surface area contributed by atoms with Crippen LogP contribution in [0, 0.1) is 11.8 Å². The van der Waals surface area contributed by atoms with Gasteiger partial charge in [0.05, 0.1) is 15.9 Å². The molecule has 2 aliphatic rings. The summed E-state index contributed by atoms with van der Waals surface area (Å²) in [7, 11) is 0. The van der Waals surface area contributed by atoms with Gasteiger partial charge in [0.25, 0.3) is 0 Å². The van der Waals surface area contributed by atoms with Crippen molar-refractivity contribution in [1.29, 1.82) is 0 Å². The minimum absolute atomic E-state index is 0.0985. The van der Waals surface area contributed by atoms with Gasteiger partial charge in [0.2, 0.25) is 0 Å². The molecule has 5 unspecified atom stereocenters. The number of fused-ring (bicyclic) bond motifs is 1. The van der Waals surface area contributed by atoms with Crippen molar-refractivity contribution in [2.24, 2.45) is 17.6 Å². The van der Waals surface area contributed by atoms with Gasteiger partial charge < -0.3 is 10.8 Å². The maximum absolute atomic E-state index is 10.1. The number of aliphatic hydroxyl groups is 1. The highest BCUT2D eigenvalue weighted by Crippen LogP contribution is 2.43. The lowest BCUT2D eigenvalue weighted by Gasteiger charge is -2.32. The van der Waals surface area contributed by atoms with E-state index in [1.807, 2.05) is 0 Å². The van der Waals surface area contributed by atoms with Gasteiger partial charge in [-0.3, -0.25) is 4.90 Å². The van der Waals surface area contributed by atoms with Crippen LogP contribution in [0.5, 0.6) is 0 Å². The minimum atomic E-state index is -0.0985. The topological polar surface area (TPSA) is 49.5 Å². The number of likely N-dealkylation sites (tertiary alicyclic amines) is 1. The standard InChI is InChI=1S/C15H23BrN2OS/c1-2-11(17)15(13-5-6-14(16)20-13)18-7-9-3-4-12(19)10(9)8-18/h5-6,9-12,15,19H,2-4,7-8,17H2,1H3. The van der Waals surface area contributed by atoms with Crippen LogP contribution in [0.4, 0.5) is 0 Å². The molecular formula is C15H23BrN2OS. The fraction of sp³-hybridized carbons (Fsp3) is 0.733. The van der Waals surface area contributed by atoms with Crippen LogP contribution >= 0.6 is 27.3 Å². The molecule has 5 atom stereocenters. The molecule has 1 aromatic heterocycles. The van der Waals surface area contributed by atoms with Gasteiger partial charge in [0.1, 0.15) is 0 Å². The molecule has 1 aliphatic carbocycles. The highest BCUT2D eigenvalue weighted by molar-refractivity contribution is 9.11. The summed E-state index contributed by atoms with van der Waals surface area (Å²) in [4.78, 5) is 3.87. The van der Waals surface area contributed by atoms with Gasteiger partial charge in [-0.25, -0.2) is 0 Å². The van der Waals surface area contributed by atoms with E-state index in [4.69, 9.17) is 5.73 Å². The predicted molar refractivity (Wildman–Crippen MR) is 86.8 cm³/mol. The first-order valence-corrected chi connectivity index (χ1v) is 9.14. The molecular weight excluding hydrogens is 336 g/mol. The van der Waals surface area contributed by atoms with E-state index in [0.29, 0.717) is 17.9 Å². The largest absolute Gasteiger partial charge is 0.393 e. The Morgan fingerprint density at radius 2 is 2.25 bits per heavy atom. The molecule has 0 amide bonds. The molecule has 0 radical (unpaired) electrons. The van der Waals surface area contributed by atoms with Crippen molar-refractivity contribution in [3.05, 3.63) is 20.8 Å². The molecule has 0 spiro atoms. The fourth-order valence-corrected chi connectivity index (χ4v) is 5.51. The predicted octanol–water partition coefficient (Wildman–Crippen LogP) is 2.99. The highest BCUT2D eigenvalue weighted by atomic mass is 79.9. The van der Waals surface area contributed by atoms with Crippen molar-refractivity contribution in [1.82, 2.24) is 4.90 Å². The lowest BCUT2D eigenvalue weighted by Crippen LogP contribution is -2.40. The van der Waals surface area contributed by atoms with Gasteiger partial charge in [-0.2, -0.15) is 0 Å². The Morgan fingerprint density at radius 3 is 2.85 bits per heavy atom. The first-order valence-electron chi connectivity index (χ1n) is 7.53. The summed E-state index contributed by atoms with van der Waals surface area (Å²) in [6.45, 7) is 4.25. The van der Waals surface area contributed by atoms with Gasteiger partial charge in [-0.1, -0.05) is 6.92 Å². The first-order chi connectivity index (χ1) is 9.60. The summed E-state index contributed by atoms with van der Waals surface area (Å²) in [6, 6.07) is 4.77. The van der Waals surface area contributed by atoms with E-state index in [2.05, 4.69) is 39.9 Å². The quantitative estimate of drug-likeness (QED) is 0.869. The zero-order valence-corrected chi connectivity index (χ0v) is 14.2. The van der Waals surface area contributed by atoms with Crippen molar-refractivity contribution in [2.45, 2.75) is 44.4 Å². The molecule has 0 aromatic carbocycles. The molecule has 2 heterocycles. The summed E-state index contributed by atoms with van der Waals surface area (Å²) in [5.41, 5.74) is 6.41. The molecule has 2 fully saturated rings. The molecule has 1 aromatic rings. The van der Waals surface area contributed by atoms with Gasteiger partial charge >= 0.3 is 0 Å². The monoisotopic (exact) mass is 358 g/mol. The third-order valence-electron chi connectivity index (χ3n) is 5.00. The molecule has 3 rings (SSSR count). The van der Waals surface area contributed by atoms with Gasteiger partial charge in [-0.15, -0.1) is 11.3 Å². The van der Waals surface area contributed by atoms with E-state index in [0.717, 1.165) is 25.9 Å². The molecule has 3 nitrogen and oxygen atoms in total. The van der Waals surface area contributed by atoms with Crippen LogP contribution in [-0.2, 0) is 0 Å². The number of hydrogen-bond donors (Lipinski definition) is 2. The molecule has 3 N–H and O–H groups in total. The molecule has 5 heteroatoms. The van der Waals surface area contributed by atoms with Crippen LogP contribution in [0.2, 0.25) is 0 Å². The van der Waals surface area contributed by atoms with E-state index >= 15 is 0 Å². The zero-order valence-electron chi connectivity index (χ0n) is 11.8. The summed E-state index contributed by atoms with van der Waals surface area (Å²) in [6.07, 6.45) is 3.04. The summed E-state index contributed by atoms with van der Waals surface area (Å²) in [5.74, 6) is 1.13. The van der Waals surface area contributed by atoms with E-state index in [9.17, 15) is 5.11 Å². The average molecular weight is 359 g/mol. The Bertz CT molecular complexity index is 466. The van der Waals surface area contributed by atoms with Gasteiger partial charge in [-0.05, 0) is 53.2 Å². The van der Waals surface area contributed by atoms with Crippen molar-refractivity contribution < 1.29 is 5.11 Å².